The van der Waals surface area contributed by atoms with Gasteiger partial charge in [-0.05, 0) is 41.4 Å². The van der Waals surface area contributed by atoms with Gasteiger partial charge in [-0.2, -0.15) is 0 Å². The van der Waals surface area contributed by atoms with Gasteiger partial charge in [-0.15, -0.1) is 0 Å². The Bertz CT molecular complexity index is 659. The van der Waals surface area contributed by atoms with E-state index in [1.807, 2.05) is 6.92 Å². The normalized spacial score (nSPS) is 12.6. The van der Waals surface area contributed by atoms with Crippen molar-refractivity contribution in [2.45, 2.75) is 25.8 Å². The maximum Gasteiger partial charge on any atom is 0.323 e. The van der Waals surface area contributed by atoms with E-state index in [-0.39, 0.29) is 17.6 Å². The number of carbonyl (C=O) groups excluding carboxylic acids is 1. The zero-order valence-corrected chi connectivity index (χ0v) is 12.0. The predicted molar refractivity (Wildman–Crippen MR) is 78.1 cm³/mol. The molecule has 5 N–H and O–H groups in total. The van der Waals surface area contributed by atoms with Crippen molar-refractivity contribution in [3.63, 3.8) is 0 Å². The minimum Gasteiger partial charge on any atom is -0.328 e. The van der Waals surface area contributed by atoms with Crippen LogP contribution < -0.4 is 16.7 Å². The van der Waals surface area contributed by atoms with E-state index in [1.165, 1.54) is 0 Å². The van der Waals surface area contributed by atoms with Crippen molar-refractivity contribution in [2.24, 2.45) is 5.73 Å². The van der Waals surface area contributed by atoms with Gasteiger partial charge in [0, 0.05) is 16.9 Å². The summed E-state index contributed by atoms with van der Waals surface area (Å²) in [5.74, 6) is -0.102. The maximum absolute atomic E-state index is 11.7. The molecule has 0 radical (unpaired) electrons. The van der Waals surface area contributed by atoms with Gasteiger partial charge in [-0.1, -0.05) is 0 Å². The van der Waals surface area contributed by atoms with Gasteiger partial charge in [0.2, 0.25) is 5.91 Å². The van der Waals surface area contributed by atoms with Crippen molar-refractivity contribution >= 4 is 38.6 Å². The van der Waals surface area contributed by atoms with E-state index < -0.39 is 0 Å². The fraction of sp³-hybridized carbons (Fsp3) is 0.333. The first-order chi connectivity index (χ1) is 8.95. The molecule has 0 spiro atoms. The second-order valence-corrected chi connectivity index (χ2v) is 5.38. The Morgan fingerprint density at radius 3 is 2.68 bits per heavy atom. The van der Waals surface area contributed by atoms with E-state index in [9.17, 15) is 9.59 Å². The van der Waals surface area contributed by atoms with Crippen LogP contribution in [0.25, 0.3) is 11.0 Å². The quantitative estimate of drug-likeness (QED) is 0.687. The van der Waals surface area contributed by atoms with Gasteiger partial charge < -0.3 is 21.0 Å². The molecule has 0 bridgehead atoms. The molecule has 0 aliphatic heterocycles. The van der Waals surface area contributed by atoms with Crippen LogP contribution in [-0.4, -0.2) is 21.9 Å². The Labute approximate surface area is 117 Å². The van der Waals surface area contributed by atoms with Gasteiger partial charge >= 0.3 is 5.69 Å². The molecule has 0 aliphatic carbocycles. The Hall–Kier alpha value is -1.60. The first kappa shape index (κ1) is 13.8. The van der Waals surface area contributed by atoms with Crippen molar-refractivity contribution < 1.29 is 4.79 Å². The van der Waals surface area contributed by atoms with E-state index >= 15 is 0 Å². The van der Waals surface area contributed by atoms with Crippen LogP contribution in [-0.2, 0) is 4.79 Å². The van der Waals surface area contributed by atoms with Gasteiger partial charge in [0.15, 0.2) is 0 Å². The number of amides is 1. The summed E-state index contributed by atoms with van der Waals surface area (Å²) in [5, 5.41) is 2.79. The smallest absolute Gasteiger partial charge is 0.323 e. The molecule has 1 amide bonds. The van der Waals surface area contributed by atoms with E-state index in [1.54, 1.807) is 12.1 Å². The van der Waals surface area contributed by atoms with Crippen LogP contribution in [0.2, 0.25) is 0 Å². The van der Waals surface area contributed by atoms with Gasteiger partial charge in [0.1, 0.15) is 0 Å². The average molecular weight is 327 g/mol. The third-order valence-corrected chi connectivity index (χ3v) is 3.36. The Balaban J connectivity index is 2.18. The van der Waals surface area contributed by atoms with E-state index in [0.717, 1.165) is 0 Å². The molecule has 6 nitrogen and oxygen atoms in total. The summed E-state index contributed by atoms with van der Waals surface area (Å²) < 4.78 is 0.712. The molecule has 1 aromatic carbocycles. The van der Waals surface area contributed by atoms with Gasteiger partial charge in [0.25, 0.3) is 0 Å². The van der Waals surface area contributed by atoms with Crippen molar-refractivity contribution in [1.82, 2.24) is 9.97 Å². The molecular formula is C12H15BrN4O2. The van der Waals surface area contributed by atoms with Crippen LogP contribution in [0, 0.1) is 0 Å². The largest absolute Gasteiger partial charge is 0.328 e. The molecule has 0 fully saturated rings. The summed E-state index contributed by atoms with van der Waals surface area (Å²) in [5.41, 5.74) is 7.29. The van der Waals surface area contributed by atoms with Crippen molar-refractivity contribution in [2.75, 3.05) is 5.32 Å². The molecule has 1 heterocycles. The molecular weight excluding hydrogens is 312 g/mol. The minimum absolute atomic E-state index is 0.00213. The zero-order valence-electron chi connectivity index (χ0n) is 10.4. The standard InChI is InChI=1S/C12H15BrN4O2/c1-6(14)2-3-11(18)15-8-5-10-9(4-7(8)13)16-12(19)17-10/h4-6H,2-3,14H2,1H3,(H,15,18)(H2,16,17,19). The summed E-state index contributed by atoms with van der Waals surface area (Å²) in [7, 11) is 0. The molecule has 7 heteroatoms. The SMILES string of the molecule is CC(N)CCC(=O)Nc1cc2[nH]c(=O)[nH]c2cc1Br. The molecule has 1 unspecified atom stereocenters. The number of halogens is 1. The number of hydrogen-bond donors (Lipinski definition) is 4. The summed E-state index contributed by atoms with van der Waals surface area (Å²) in [4.78, 5) is 28.2. The van der Waals surface area contributed by atoms with E-state index in [2.05, 4.69) is 31.2 Å². The molecule has 102 valence electrons. The highest BCUT2D eigenvalue weighted by Gasteiger charge is 2.09. The molecule has 0 saturated heterocycles. The second kappa shape index (κ2) is 5.58. The molecule has 0 aliphatic rings. The third kappa shape index (κ3) is 3.45. The number of benzene rings is 1. The van der Waals surface area contributed by atoms with Gasteiger partial charge in [-0.25, -0.2) is 4.79 Å². The molecule has 19 heavy (non-hydrogen) atoms. The summed E-state index contributed by atoms with van der Waals surface area (Å²) >= 11 is 3.36. The van der Waals surface area contributed by atoms with Crippen LogP contribution in [0.5, 0.6) is 0 Å². The number of fused-ring (bicyclic) bond motifs is 1. The zero-order chi connectivity index (χ0) is 14.0. The Morgan fingerprint density at radius 2 is 2.05 bits per heavy atom. The lowest BCUT2D eigenvalue weighted by Crippen LogP contribution is -2.19. The highest BCUT2D eigenvalue weighted by atomic mass is 79.9. The third-order valence-electron chi connectivity index (χ3n) is 2.70. The minimum atomic E-state index is -0.276. The van der Waals surface area contributed by atoms with Crippen molar-refractivity contribution in [3.05, 3.63) is 27.1 Å². The number of hydrogen-bond acceptors (Lipinski definition) is 3. The molecule has 2 aromatic rings. The van der Waals surface area contributed by atoms with Crippen molar-refractivity contribution in [3.8, 4) is 0 Å². The fourth-order valence-electron chi connectivity index (χ4n) is 1.72. The lowest BCUT2D eigenvalue weighted by Gasteiger charge is -2.08. The first-order valence-electron chi connectivity index (χ1n) is 5.92. The Morgan fingerprint density at radius 1 is 1.42 bits per heavy atom. The highest BCUT2D eigenvalue weighted by Crippen LogP contribution is 2.26. The molecule has 1 aromatic heterocycles. The first-order valence-corrected chi connectivity index (χ1v) is 6.72. The summed E-state index contributed by atoms with van der Waals surface area (Å²) in [6.45, 7) is 1.86. The van der Waals surface area contributed by atoms with Crippen LogP contribution in [0.1, 0.15) is 19.8 Å². The number of rotatable bonds is 4. The number of nitrogens with one attached hydrogen (secondary N) is 3. The highest BCUT2D eigenvalue weighted by molar-refractivity contribution is 9.10. The number of aromatic nitrogens is 2. The van der Waals surface area contributed by atoms with Crippen LogP contribution >= 0.6 is 15.9 Å². The maximum atomic E-state index is 11.7. The number of H-pyrrole nitrogens is 2. The van der Waals surface area contributed by atoms with Crippen molar-refractivity contribution in [1.29, 1.82) is 0 Å². The van der Waals surface area contributed by atoms with Gasteiger partial charge in [-0.3, -0.25) is 4.79 Å². The topological polar surface area (TPSA) is 104 Å². The van der Waals surface area contributed by atoms with Crippen LogP contribution in [0.3, 0.4) is 0 Å². The number of imidazole rings is 1. The van der Waals surface area contributed by atoms with Gasteiger partial charge in [0.05, 0.1) is 16.7 Å². The lowest BCUT2D eigenvalue weighted by atomic mass is 10.2. The number of nitrogens with two attached hydrogens (primary N) is 1. The number of carbonyl (C=O) groups is 1. The predicted octanol–water partition coefficient (Wildman–Crippen LogP) is 1.68. The molecule has 1 atom stereocenters. The molecule has 2 rings (SSSR count). The Kier molecular flexibility index (Phi) is 4.06. The van der Waals surface area contributed by atoms with Crippen LogP contribution in [0.15, 0.2) is 21.4 Å². The average Bonchev–Trinajstić information content (AvgIpc) is 2.66. The summed E-state index contributed by atoms with van der Waals surface area (Å²) in [6.07, 6.45) is 0.998. The number of aromatic amines is 2. The van der Waals surface area contributed by atoms with E-state index in [0.29, 0.717) is 34.0 Å². The van der Waals surface area contributed by atoms with Crippen LogP contribution in [0.4, 0.5) is 5.69 Å². The second-order valence-electron chi connectivity index (χ2n) is 4.52. The monoisotopic (exact) mass is 326 g/mol. The molecule has 0 saturated carbocycles. The fourth-order valence-corrected chi connectivity index (χ4v) is 2.17. The summed E-state index contributed by atoms with van der Waals surface area (Å²) in [6, 6.07) is 3.45. The lowest BCUT2D eigenvalue weighted by molar-refractivity contribution is -0.116. The number of anilines is 1. The van der Waals surface area contributed by atoms with E-state index in [4.69, 9.17) is 5.73 Å².